The number of hydrogen-bond acceptors (Lipinski definition) is 4. The molecule has 1 N–H and O–H groups in total. The van der Waals surface area contributed by atoms with Gasteiger partial charge >= 0.3 is 0 Å². The summed E-state index contributed by atoms with van der Waals surface area (Å²) in [5, 5.41) is 10.4. The van der Waals surface area contributed by atoms with Crippen LogP contribution in [0, 0.1) is 5.92 Å². The Morgan fingerprint density at radius 1 is 1.00 bits per heavy atom. The molecular weight excluding hydrogens is 434 g/mol. The van der Waals surface area contributed by atoms with Crippen LogP contribution in [0.1, 0.15) is 31.4 Å². The van der Waals surface area contributed by atoms with E-state index >= 15 is 0 Å². The molecule has 0 saturated heterocycles. The van der Waals surface area contributed by atoms with Crippen LogP contribution in [-0.4, -0.2) is 10.1 Å². The first-order valence-electron chi connectivity index (χ1n) is 9.33. The van der Waals surface area contributed by atoms with Crippen LogP contribution in [0.4, 0.5) is 0 Å². The molecule has 0 bridgehead atoms. The molecule has 1 heterocycles. The van der Waals surface area contributed by atoms with E-state index in [9.17, 15) is 5.11 Å². The van der Waals surface area contributed by atoms with Gasteiger partial charge in [-0.3, -0.25) is 4.98 Å². The fourth-order valence-corrected chi connectivity index (χ4v) is 4.00. The van der Waals surface area contributed by atoms with E-state index in [-0.39, 0.29) is 5.75 Å². The predicted molar refractivity (Wildman–Crippen MR) is 118 cm³/mol. The summed E-state index contributed by atoms with van der Waals surface area (Å²) in [6.07, 6.45) is 5.50. The van der Waals surface area contributed by atoms with Gasteiger partial charge in [-0.25, -0.2) is 0 Å². The number of rotatable bonds is 8. The fourth-order valence-electron chi connectivity index (χ4n) is 2.70. The third kappa shape index (κ3) is 5.76. The van der Waals surface area contributed by atoms with Crippen molar-refractivity contribution in [1.29, 1.82) is 0 Å². The van der Waals surface area contributed by atoms with Crippen molar-refractivity contribution in [2.24, 2.45) is 5.92 Å². The zero-order chi connectivity index (χ0) is 19.9. The van der Waals surface area contributed by atoms with Gasteiger partial charge in [0, 0.05) is 22.2 Å². The highest BCUT2D eigenvalue weighted by atomic mass is 79.9. The van der Waals surface area contributed by atoms with Gasteiger partial charge in [0.05, 0.1) is 0 Å². The monoisotopic (exact) mass is 457 g/mol. The quantitative estimate of drug-likeness (QED) is 0.400. The summed E-state index contributed by atoms with van der Waals surface area (Å²) in [5.41, 5.74) is 2.03. The molecule has 3 rings (SSSR count). The van der Waals surface area contributed by atoms with Crippen LogP contribution < -0.4 is 4.74 Å². The van der Waals surface area contributed by atoms with Crippen LogP contribution in [0.15, 0.2) is 75.2 Å². The number of aromatic hydroxyl groups is 1. The van der Waals surface area contributed by atoms with E-state index < -0.39 is 0 Å². The highest BCUT2D eigenvalue weighted by molar-refractivity contribution is 9.10. The van der Waals surface area contributed by atoms with Crippen molar-refractivity contribution in [3.63, 3.8) is 0 Å². The molecule has 5 heteroatoms. The van der Waals surface area contributed by atoms with Crippen LogP contribution in [-0.2, 0) is 13.0 Å². The number of hydrogen-bond donors (Lipinski definition) is 1. The van der Waals surface area contributed by atoms with Crippen LogP contribution in [0.3, 0.4) is 0 Å². The Labute approximate surface area is 179 Å². The van der Waals surface area contributed by atoms with Gasteiger partial charge in [-0.2, -0.15) is 0 Å². The van der Waals surface area contributed by atoms with Gasteiger partial charge in [0.25, 0.3) is 0 Å². The Morgan fingerprint density at radius 3 is 2.36 bits per heavy atom. The molecule has 146 valence electrons. The minimum Gasteiger partial charge on any atom is -0.506 e. The van der Waals surface area contributed by atoms with Crippen molar-refractivity contribution in [3.8, 4) is 11.5 Å². The summed E-state index contributed by atoms with van der Waals surface area (Å²) < 4.78 is 6.54. The van der Waals surface area contributed by atoms with Crippen molar-refractivity contribution < 1.29 is 9.84 Å². The predicted octanol–water partition coefficient (Wildman–Crippen LogP) is 6.87. The zero-order valence-electron chi connectivity index (χ0n) is 16.1. The molecular formula is C23H24BrNO2S. The van der Waals surface area contributed by atoms with E-state index in [4.69, 9.17) is 4.74 Å². The molecule has 0 atom stereocenters. The maximum atomic E-state index is 10.4. The van der Waals surface area contributed by atoms with Crippen molar-refractivity contribution in [1.82, 2.24) is 4.98 Å². The zero-order valence-corrected chi connectivity index (χ0v) is 18.5. The van der Waals surface area contributed by atoms with E-state index in [0.29, 0.717) is 22.7 Å². The molecule has 2 aromatic carbocycles. The number of nitrogens with zero attached hydrogens (tertiary/aromatic N) is 1. The summed E-state index contributed by atoms with van der Waals surface area (Å²) in [7, 11) is 0. The standard InChI is InChI=1S/C23H24BrNO2S/c1-16(2)3-6-18-7-10-21(22(24)23(18)26)27-15-17-4-8-19(9-5-17)28-20-11-13-25-14-12-20/h4-5,7-14,16,26H,3,6,15H2,1-2H3. The summed E-state index contributed by atoms with van der Waals surface area (Å²) in [6.45, 7) is 4.82. The second-order valence-corrected chi connectivity index (χ2v) is 8.98. The summed E-state index contributed by atoms with van der Waals surface area (Å²) >= 11 is 5.18. The molecule has 28 heavy (non-hydrogen) atoms. The average molecular weight is 458 g/mol. The minimum atomic E-state index is 0.280. The van der Waals surface area contributed by atoms with E-state index in [0.717, 1.165) is 28.9 Å². The molecule has 3 aromatic rings. The number of aromatic nitrogens is 1. The summed E-state index contributed by atoms with van der Waals surface area (Å²) in [4.78, 5) is 6.37. The molecule has 0 aliphatic carbocycles. The molecule has 0 saturated carbocycles. The Bertz CT molecular complexity index is 898. The lowest BCUT2D eigenvalue weighted by Gasteiger charge is -2.13. The number of aryl methyl sites for hydroxylation is 1. The lowest BCUT2D eigenvalue weighted by molar-refractivity contribution is 0.301. The van der Waals surface area contributed by atoms with Gasteiger partial charge < -0.3 is 9.84 Å². The SMILES string of the molecule is CC(C)CCc1ccc(OCc2ccc(Sc3ccncc3)cc2)c(Br)c1O. The number of pyridine rings is 1. The molecule has 3 nitrogen and oxygen atoms in total. The third-order valence-corrected chi connectivity index (χ3v) is 6.14. The lowest BCUT2D eigenvalue weighted by atomic mass is 10.0. The first-order chi connectivity index (χ1) is 13.5. The number of ether oxygens (including phenoxy) is 1. The first kappa shape index (κ1) is 20.7. The van der Waals surface area contributed by atoms with Crippen LogP contribution in [0.25, 0.3) is 0 Å². The molecule has 1 aromatic heterocycles. The Kier molecular flexibility index (Phi) is 7.40. The van der Waals surface area contributed by atoms with E-state index in [1.165, 1.54) is 4.90 Å². The second-order valence-electron chi connectivity index (χ2n) is 7.04. The Balaban J connectivity index is 1.60. The van der Waals surface area contributed by atoms with Crippen molar-refractivity contribution in [2.45, 2.75) is 43.1 Å². The third-order valence-electron chi connectivity index (χ3n) is 4.36. The van der Waals surface area contributed by atoms with Gasteiger partial charge in [0.15, 0.2) is 0 Å². The molecule has 0 spiro atoms. The smallest absolute Gasteiger partial charge is 0.137 e. The maximum absolute atomic E-state index is 10.4. The van der Waals surface area contributed by atoms with E-state index in [2.05, 4.69) is 59.0 Å². The Morgan fingerprint density at radius 2 is 1.68 bits per heavy atom. The maximum Gasteiger partial charge on any atom is 0.137 e. The van der Waals surface area contributed by atoms with E-state index in [1.54, 1.807) is 24.2 Å². The van der Waals surface area contributed by atoms with Gasteiger partial charge in [-0.05, 0) is 76.1 Å². The second kappa shape index (κ2) is 9.99. The van der Waals surface area contributed by atoms with Gasteiger partial charge in [-0.15, -0.1) is 0 Å². The normalized spacial score (nSPS) is 11.0. The number of halogens is 1. The number of benzene rings is 2. The van der Waals surface area contributed by atoms with Crippen LogP contribution in [0.2, 0.25) is 0 Å². The Hall–Kier alpha value is -1.98. The molecule has 0 radical (unpaired) electrons. The average Bonchev–Trinajstić information content (AvgIpc) is 2.70. The summed E-state index contributed by atoms with van der Waals surface area (Å²) in [5.74, 6) is 1.54. The molecule has 0 amide bonds. The van der Waals surface area contributed by atoms with Crippen LogP contribution >= 0.6 is 27.7 Å². The molecule has 0 fully saturated rings. The van der Waals surface area contributed by atoms with Crippen LogP contribution in [0.5, 0.6) is 11.5 Å². The van der Waals surface area contributed by atoms with Crippen molar-refractivity contribution in [3.05, 3.63) is 76.5 Å². The molecule has 0 aliphatic rings. The lowest BCUT2D eigenvalue weighted by Crippen LogP contribution is -1.98. The largest absolute Gasteiger partial charge is 0.506 e. The number of phenols is 1. The van der Waals surface area contributed by atoms with Crippen molar-refractivity contribution >= 4 is 27.7 Å². The summed E-state index contributed by atoms with van der Waals surface area (Å²) in [6, 6.07) is 16.2. The van der Waals surface area contributed by atoms with Gasteiger partial charge in [0.1, 0.15) is 22.6 Å². The first-order valence-corrected chi connectivity index (χ1v) is 10.9. The fraction of sp³-hybridized carbons (Fsp3) is 0.261. The van der Waals surface area contributed by atoms with Gasteiger partial charge in [-0.1, -0.05) is 43.8 Å². The molecule has 0 aliphatic heterocycles. The minimum absolute atomic E-state index is 0.280. The molecule has 0 unspecified atom stereocenters. The van der Waals surface area contributed by atoms with Gasteiger partial charge in [0.2, 0.25) is 0 Å². The highest BCUT2D eigenvalue weighted by Crippen LogP contribution is 2.37. The topological polar surface area (TPSA) is 42.4 Å². The van der Waals surface area contributed by atoms with E-state index in [1.807, 2.05) is 24.3 Å². The highest BCUT2D eigenvalue weighted by Gasteiger charge is 2.12. The van der Waals surface area contributed by atoms with Crippen molar-refractivity contribution in [2.75, 3.05) is 0 Å². The number of phenolic OH excluding ortho intramolecular Hbond substituents is 1.